The van der Waals surface area contributed by atoms with Gasteiger partial charge in [-0.2, -0.15) is 12.6 Å². The first-order valence-electron chi connectivity index (χ1n) is 11.3. The number of nitrogens with two attached hydrogens (primary N) is 1. The number of imidazole rings is 1. The Hall–Kier alpha value is -3.38. The van der Waals surface area contributed by atoms with Crippen molar-refractivity contribution in [2.24, 2.45) is 5.73 Å². The van der Waals surface area contributed by atoms with Crippen molar-refractivity contribution in [1.29, 1.82) is 0 Å². The lowest BCUT2D eigenvalue weighted by atomic mass is 10.0. The summed E-state index contributed by atoms with van der Waals surface area (Å²) in [7, 11) is 0. The van der Waals surface area contributed by atoms with E-state index in [0.29, 0.717) is 25.1 Å². The molecule has 1 aromatic heterocycles. The Morgan fingerprint density at radius 1 is 1.17 bits per heavy atom. The van der Waals surface area contributed by atoms with Crippen molar-refractivity contribution >= 4 is 36.3 Å². The summed E-state index contributed by atoms with van der Waals surface area (Å²) in [5, 5.41) is 14.4. The van der Waals surface area contributed by atoms with E-state index in [9.17, 15) is 24.3 Å². The summed E-state index contributed by atoms with van der Waals surface area (Å²) >= 11 is 3.98. The van der Waals surface area contributed by atoms with Crippen molar-refractivity contribution in [3.05, 3.63) is 54.1 Å². The van der Waals surface area contributed by atoms with Gasteiger partial charge in [0.15, 0.2) is 0 Å². The molecule has 0 saturated carbocycles. The SMILES string of the molecule is NC(Cc1cnc[nH]1)C(=O)N1CCCC1C(=O)NC(Cc1ccccc1)C(=O)NC(CS)C(=O)O. The Bertz CT molecular complexity index is 1020. The summed E-state index contributed by atoms with van der Waals surface area (Å²) in [6.07, 6.45) is 4.54. The first kappa shape index (κ1) is 26.2. The molecule has 0 aliphatic carbocycles. The molecule has 0 spiro atoms. The number of H-pyrrole nitrogens is 1. The van der Waals surface area contributed by atoms with Crippen LogP contribution in [-0.2, 0) is 32.0 Å². The number of carbonyl (C=O) groups excluding carboxylic acids is 3. The minimum absolute atomic E-state index is 0.105. The molecule has 35 heavy (non-hydrogen) atoms. The summed E-state index contributed by atoms with van der Waals surface area (Å²) in [4.78, 5) is 58.8. The van der Waals surface area contributed by atoms with E-state index in [1.165, 1.54) is 11.2 Å². The molecular formula is C23H30N6O5S. The van der Waals surface area contributed by atoms with Gasteiger partial charge in [-0.25, -0.2) is 9.78 Å². The summed E-state index contributed by atoms with van der Waals surface area (Å²) < 4.78 is 0. The Morgan fingerprint density at radius 3 is 2.54 bits per heavy atom. The van der Waals surface area contributed by atoms with Crippen molar-refractivity contribution in [1.82, 2.24) is 25.5 Å². The lowest BCUT2D eigenvalue weighted by molar-refractivity contribution is -0.142. The first-order valence-corrected chi connectivity index (χ1v) is 11.9. The predicted octanol–water partition coefficient (Wildman–Crippen LogP) is -0.503. The summed E-state index contributed by atoms with van der Waals surface area (Å²) in [6, 6.07) is 5.18. The average molecular weight is 503 g/mol. The molecule has 12 heteroatoms. The minimum atomic E-state index is -1.23. The van der Waals surface area contributed by atoms with Crippen LogP contribution in [-0.4, -0.2) is 80.1 Å². The second kappa shape index (κ2) is 12.4. The molecule has 4 unspecified atom stereocenters. The fourth-order valence-corrected chi connectivity index (χ4v) is 4.27. The molecule has 1 saturated heterocycles. The van der Waals surface area contributed by atoms with Crippen LogP contribution in [0.25, 0.3) is 0 Å². The van der Waals surface area contributed by atoms with Gasteiger partial charge in [-0.05, 0) is 18.4 Å². The number of hydrogen-bond donors (Lipinski definition) is 6. The van der Waals surface area contributed by atoms with Crippen molar-refractivity contribution in [3.63, 3.8) is 0 Å². The maximum Gasteiger partial charge on any atom is 0.327 e. The Morgan fingerprint density at radius 2 is 1.91 bits per heavy atom. The highest BCUT2D eigenvalue weighted by molar-refractivity contribution is 7.80. The first-order chi connectivity index (χ1) is 16.8. The molecule has 3 amide bonds. The van der Waals surface area contributed by atoms with Gasteiger partial charge in [0.25, 0.3) is 0 Å². The number of carboxylic acid groups (broad SMARTS) is 1. The van der Waals surface area contributed by atoms with E-state index in [1.807, 2.05) is 6.07 Å². The summed E-state index contributed by atoms with van der Waals surface area (Å²) in [5.74, 6) is -2.82. The number of aliphatic carboxylic acids is 1. The van der Waals surface area contributed by atoms with Crippen molar-refractivity contribution in [3.8, 4) is 0 Å². The lowest BCUT2D eigenvalue weighted by Crippen LogP contribution is -2.57. The zero-order valence-corrected chi connectivity index (χ0v) is 20.0. The highest BCUT2D eigenvalue weighted by Crippen LogP contribution is 2.19. The number of carboxylic acids is 1. The van der Waals surface area contributed by atoms with E-state index in [0.717, 1.165) is 5.56 Å². The van der Waals surface area contributed by atoms with Gasteiger partial charge in [-0.15, -0.1) is 0 Å². The maximum atomic E-state index is 13.2. The fraction of sp³-hybridized carbons (Fsp3) is 0.435. The van der Waals surface area contributed by atoms with Crippen molar-refractivity contribution in [2.45, 2.75) is 49.9 Å². The largest absolute Gasteiger partial charge is 0.480 e. The van der Waals surface area contributed by atoms with Gasteiger partial charge in [-0.1, -0.05) is 30.3 Å². The molecule has 1 fully saturated rings. The summed E-state index contributed by atoms with van der Waals surface area (Å²) in [5.41, 5.74) is 7.60. The Balaban J connectivity index is 1.71. The van der Waals surface area contributed by atoms with Gasteiger partial charge in [0, 0.05) is 37.0 Å². The van der Waals surface area contributed by atoms with Crippen LogP contribution in [0.3, 0.4) is 0 Å². The van der Waals surface area contributed by atoms with Gasteiger partial charge in [0.2, 0.25) is 17.7 Å². The third-order valence-electron chi connectivity index (χ3n) is 5.86. The molecular weight excluding hydrogens is 472 g/mol. The van der Waals surface area contributed by atoms with E-state index >= 15 is 0 Å². The molecule has 2 aromatic rings. The quantitative estimate of drug-likeness (QED) is 0.225. The molecule has 6 N–H and O–H groups in total. The van der Waals surface area contributed by atoms with Gasteiger partial charge < -0.3 is 31.4 Å². The number of aromatic amines is 1. The molecule has 1 aliphatic rings. The van der Waals surface area contributed by atoms with E-state index in [2.05, 4.69) is 33.2 Å². The average Bonchev–Trinajstić information content (AvgIpc) is 3.54. The molecule has 1 aliphatic heterocycles. The molecule has 11 nitrogen and oxygen atoms in total. The number of nitrogens with one attached hydrogen (secondary N) is 3. The number of amides is 3. The number of likely N-dealkylation sites (tertiary alicyclic amines) is 1. The van der Waals surface area contributed by atoms with Crippen LogP contribution in [0.15, 0.2) is 42.9 Å². The number of hydrogen-bond acceptors (Lipinski definition) is 7. The molecule has 0 radical (unpaired) electrons. The maximum absolute atomic E-state index is 13.2. The second-order valence-corrected chi connectivity index (χ2v) is 8.78. The van der Waals surface area contributed by atoms with Gasteiger partial charge in [0.05, 0.1) is 12.4 Å². The van der Waals surface area contributed by atoms with E-state index in [-0.39, 0.29) is 24.5 Å². The minimum Gasteiger partial charge on any atom is -0.480 e. The van der Waals surface area contributed by atoms with E-state index in [4.69, 9.17) is 5.73 Å². The number of nitrogens with zero attached hydrogens (tertiary/aromatic N) is 2. The van der Waals surface area contributed by atoms with Gasteiger partial charge in [0.1, 0.15) is 18.1 Å². The van der Waals surface area contributed by atoms with Crippen LogP contribution in [0.2, 0.25) is 0 Å². The third-order valence-corrected chi connectivity index (χ3v) is 6.23. The molecule has 0 bridgehead atoms. The third kappa shape index (κ3) is 7.06. The zero-order chi connectivity index (χ0) is 25.4. The smallest absolute Gasteiger partial charge is 0.327 e. The fourth-order valence-electron chi connectivity index (χ4n) is 4.02. The second-order valence-electron chi connectivity index (χ2n) is 8.41. The number of benzene rings is 1. The zero-order valence-electron chi connectivity index (χ0n) is 19.1. The molecule has 2 heterocycles. The highest BCUT2D eigenvalue weighted by Gasteiger charge is 2.38. The number of carbonyl (C=O) groups is 4. The Kier molecular flexibility index (Phi) is 9.26. The predicted molar refractivity (Wildman–Crippen MR) is 130 cm³/mol. The standard InChI is InChI=1S/C23H30N6O5S/c24-16(10-15-11-25-13-26-15)22(32)29-8-4-7-19(29)21(31)27-17(9-14-5-2-1-3-6-14)20(30)28-18(12-35)23(33)34/h1-3,5-6,11,13,16-19,35H,4,7-10,12,24H2,(H,25,26)(H,27,31)(H,28,30)(H,33,34). The molecule has 3 rings (SSSR count). The number of aromatic nitrogens is 2. The van der Waals surface area contributed by atoms with E-state index < -0.39 is 42.0 Å². The Labute approximate surface area is 208 Å². The van der Waals surface area contributed by atoms with Crippen LogP contribution >= 0.6 is 12.6 Å². The topological polar surface area (TPSA) is 171 Å². The van der Waals surface area contributed by atoms with Crippen LogP contribution in [0, 0.1) is 0 Å². The highest BCUT2D eigenvalue weighted by atomic mass is 32.1. The van der Waals surface area contributed by atoms with Gasteiger partial charge >= 0.3 is 5.97 Å². The van der Waals surface area contributed by atoms with Crippen molar-refractivity contribution in [2.75, 3.05) is 12.3 Å². The van der Waals surface area contributed by atoms with Crippen LogP contribution in [0.1, 0.15) is 24.1 Å². The number of rotatable bonds is 11. The van der Waals surface area contributed by atoms with Crippen LogP contribution in [0.4, 0.5) is 0 Å². The van der Waals surface area contributed by atoms with Gasteiger partial charge in [-0.3, -0.25) is 14.4 Å². The van der Waals surface area contributed by atoms with Crippen LogP contribution in [0.5, 0.6) is 0 Å². The van der Waals surface area contributed by atoms with E-state index in [1.54, 1.807) is 30.5 Å². The molecule has 188 valence electrons. The monoisotopic (exact) mass is 502 g/mol. The van der Waals surface area contributed by atoms with Crippen molar-refractivity contribution < 1.29 is 24.3 Å². The lowest BCUT2D eigenvalue weighted by Gasteiger charge is -2.28. The molecule has 1 aromatic carbocycles. The van der Waals surface area contributed by atoms with Crippen LogP contribution < -0.4 is 16.4 Å². The normalized spacial score (nSPS) is 17.9. The number of thiol groups is 1. The summed E-state index contributed by atoms with van der Waals surface area (Å²) in [6.45, 7) is 0.379. The molecule has 4 atom stereocenters.